The van der Waals surface area contributed by atoms with Crippen molar-refractivity contribution in [2.75, 3.05) is 4.90 Å². The Kier molecular flexibility index (Phi) is 13.0. The van der Waals surface area contributed by atoms with Crippen LogP contribution in [0.2, 0.25) is 0 Å². The Morgan fingerprint density at radius 2 is 0.766 bits per heavy atom. The molecule has 0 N–H and O–H groups in total. The molecule has 2 heteroatoms. The molecule has 0 unspecified atom stereocenters. The normalized spacial score (nSPS) is 10.3. The highest BCUT2D eigenvalue weighted by molar-refractivity contribution is 14.1. The molecule has 6 rings (SSSR count). The number of hydrogen-bond donors (Lipinski definition) is 0. The third-order valence-electron chi connectivity index (χ3n) is 8.31. The Bertz CT molecular complexity index is 1790. The van der Waals surface area contributed by atoms with Gasteiger partial charge in [0.2, 0.25) is 0 Å². The van der Waals surface area contributed by atoms with Gasteiger partial charge in [-0.25, -0.2) is 0 Å². The van der Waals surface area contributed by atoms with Crippen LogP contribution in [0.3, 0.4) is 0 Å². The quantitative estimate of drug-likeness (QED) is 0.160. The summed E-state index contributed by atoms with van der Waals surface area (Å²) in [6.45, 7) is 17.3. The van der Waals surface area contributed by atoms with E-state index in [-0.39, 0.29) is 0 Å². The van der Waals surface area contributed by atoms with E-state index in [4.69, 9.17) is 0 Å². The molecule has 47 heavy (non-hydrogen) atoms. The summed E-state index contributed by atoms with van der Waals surface area (Å²) >= 11 is 2.28. The van der Waals surface area contributed by atoms with E-state index >= 15 is 0 Å². The van der Waals surface area contributed by atoms with Gasteiger partial charge in [-0.2, -0.15) is 0 Å². The standard InChI is InChI=1S/C22H23N.C17H20.C6H5I/c1-16-10-12-21(18(3)14-16)23(20-8-6-5-7-9-20)22-13-11-17(2)15-19(22)4;1-12-5-7-16(14(3)9-12)11-17-8-6-13(2)10-15(17)4;7-6-4-2-1-3-5-6/h5-15H,1-4H3;5-10H,11H2,1-4H3;1-5H. The molecule has 0 spiro atoms. The fourth-order valence-electron chi connectivity index (χ4n) is 5.81. The van der Waals surface area contributed by atoms with Crippen molar-refractivity contribution in [3.63, 3.8) is 0 Å². The first-order valence-corrected chi connectivity index (χ1v) is 17.4. The molecule has 0 saturated heterocycles. The predicted molar refractivity (Wildman–Crippen MR) is 214 cm³/mol. The number of rotatable bonds is 5. The molecule has 0 bridgehead atoms. The van der Waals surface area contributed by atoms with Crippen molar-refractivity contribution in [3.8, 4) is 0 Å². The minimum Gasteiger partial charge on any atom is -0.310 e. The summed E-state index contributed by atoms with van der Waals surface area (Å²) in [5.41, 5.74) is 17.1. The summed E-state index contributed by atoms with van der Waals surface area (Å²) in [7, 11) is 0. The largest absolute Gasteiger partial charge is 0.310 e. The molecule has 0 heterocycles. The first-order valence-electron chi connectivity index (χ1n) is 16.3. The van der Waals surface area contributed by atoms with Crippen LogP contribution in [0.4, 0.5) is 17.1 Å². The molecule has 0 aliphatic heterocycles. The van der Waals surface area contributed by atoms with Crippen LogP contribution in [-0.4, -0.2) is 0 Å². The lowest BCUT2D eigenvalue weighted by molar-refractivity contribution is 1.12. The Labute approximate surface area is 297 Å². The monoisotopic (exact) mass is 729 g/mol. The Balaban J connectivity index is 0.000000182. The van der Waals surface area contributed by atoms with Gasteiger partial charge in [-0.1, -0.05) is 119 Å². The van der Waals surface area contributed by atoms with Crippen LogP contribution in [0.25, 0.3) is 0 Å². The molecule has 0 saturated carbocycles. The SMILES string of the molecule is Cc1ccc(Cc2ccc(C)cc2C)c(C)c1.Cc1ccc(N(c2ccccc2)c2ccc(C)cc2C)c(C)c1.Ic1ccccc1. The van der Waals surface area contributed by atoms with E-state index in [1.807, 2.05) is 18.2 Å². The predicted octanol–water partition coefficient (Wildman–Crippen LogP) is 13.2. The summed E-state index contributed by atoms with van der Waals surface area (Å²) < 4.78 is 1.29. The summed E-state index contributed by atoms with van der Waals surface area (Å²) in [4.78, 5) is 2.35. The maximum absolute atomic E-state index is 2.35. The highest BCUT2D eigenvalue weighted by Gasteiger charge is 2.16. The minimum absolute atomic E-state index is 1.04. The van der Waals surface area contributed by atoms with E-state index in [9.17, 15) is 0 Å². The molecule has 6 aromatic carbocycles. The molecule has 240 valence electrons. The van der Waals surface area contributed by atoms with Crippen molar-refractivity contribution in [2.24, 2.45) is 0 Å². The number of para-hydroxylation sites is 1. The molecule has 0 aliphatic carbocycles. The van der Waals surface area contributed by atoms with Gasteiger partial charge in [-0.3, -0.25) is 0 Å². The van der Waals surface area contributed by atoms with Crippen LogP contribution in [0.15, 0.2) is 133 Å². The number of halogens is 1. The minimum atomic E-state index is 1.04. The molecular weight excluding hydrogens is 681 g/mol. The average Bonchev–Trinajstić information content (AvgIpc) is 3.03. The van der Waals surface area contributed by atoms with E-state index in [1.54, 1.807) is 0 Å². The number of aryl methyl sites for hydroxylation is 8. The van der Waals surface area contributed by atoms with Crippen LogP contribution in [0.1, 0.15) is 55.6 Å². The first kappa shape index (κ1) is 35.7. The molecule has 0 amide bonds. The molecule has 6 aromatic rings. The summed E-state index contributed by atoms with van der Waals surface area (Å²) in [5.74, 6) is 0. The van der Waals surface area contributed by atoms with Crippen LogP contribution >= 0.6 is 22.6 Å². The van der Waals surface area contributed by atoms with E-state index in [0.29, 0.717) is 0 Å². The summed E-state index contributed by atoms with van der Waals surface area (Å²) in [6.07, 6.45) is 1.04. The van der Waals surface area contributed by atoms with Crippen LogP contribution in [-0.2, 0) is 6.42 Å². The van der Waals surface area contributed by atoms with Gasteiger partial charge >= 0.3 is 0 Å². The second-order valence-electron chi connectivity index (χ2n) is 12.6. The average molecular weight is 730 g/mol. The summed E-state index contributed by atoms with van der Waals surface area (Å²) in [5, 5.41) is 0. The molecule has 0 aromatic heterocycles. The van der Waals surface area contributed by atoms with Gasteiger partial charge in [0.25, 0.3) is 0 Å². The number of nitrogens with zero attached hydrogens (tertiary/aromatic N) is 1. The van der Waals surface area contributed by atoms with Crippen LogP contribution < -0.4 is 4.90 Å². The van der Waals surface area contributed by atoms with Crippen molar-refractivity contribution in [1.29, 1.82) is 0 Å². The fourth-order valence-corrected chi connectivity index (χ4v) is 6.22. The van der Waals surface area contributed by atoms with Crippen molar-refractivity contribution in [1.82, 2.24) is 0 Å². The molecule has 1 nitrogen and oxygen atoms in total. The number of benzene rings is 6. The Morgan fingerprint density at radius 1 is 0.404 bits per heavy atom. The third-order valence-corrected chi connectivity index (χ3v) is 9.03. The van der Waals surface area contributed by atoms with Crippen molar-refractivity contribution >= 4 is 39.7 Å². The highest BCUT2D eigenvalue weighted by Crippen LogP contribution is 2.38. The van der Waals surface area contributed by atoms with Gasteiger partial charge in [-0.05, 0) is 154 Å². The molecule has 0 fully saturated rings. The van der Waals surface area contributed by atoms with Crippen molar-refractivity contribution < 1.29 is 0 Å². The lowest BCUT2D eigenvalue weighted by atomic mass is 9.95. The third kappa shape index (κ3) is 10.4. The van der Waals surface area contributed by atoms with E-state index < -0.39 is 0 Å². The Morgan fingerprint density at radius 3 is 1.11 bits per heavy atom. The van der Waals surface area contributed by atoms with Gasteiger partial charge in [0.15, 0.2) is 0 Å². The van der Waals surface area contributed by atoms with Crippen molar-refractivity contribution in [3.05, 3.63) is 193 Å². The fraction of sp³-hybridized carbons (Fsp3) is 0.200. The zero-order valence-electron chi connectivity index (χ0n) is 29.2. The number of anilines is 3. The van der Waals surface area contributed by atoms with Gasteiger partial charge in [-0.15, -0.1) is 0 Å². The topological polar surface area (TPSA) is 3.24 Å². The smallest absolute Gasteiger partial charge is 0.0491 e. The molecule has 0 radical (unpaired) electrons. The van der Waals surface area contributed by atoms with E-state index in [1.165, 1.54) is 76.3 Å². The second-order valence-corrected chi connectivity index (χ2v) is 13.8. The Hall–Kier alpha value is -4.15. The van der Waals surface area contributed by atoms with Gasteiger partial charge in [0, 0.05) is 20.6 Å². The van der Waals surface area contributed by atoms with Crippen molar-refractivity contribution in [2.45, 2.75) is 61.8 Å². The van der Waals surface area contributed by atoms with Gasteiger partial charge in [0.05, 0.1) is 0 Å². The van der Waals surface area contributed by atoms with Gasteiger partial charge in [0.1, 0.15) is 0 Å². The zero-order chi connectivity index (χ0) is 33.9. The van der Waals surface area contributed by atoms with Crippen LogP contribution in [0, 0.1) is 59.0 Å². The molecular formula is C45H48IN. The van der Waals surface area contributed by atoms with E-state index in [0.717, 1.165) is 6.42 Å². The molecule has 0 atom stereocenters. The van der Waals surface area contributed by atoms with Crippen LogP contribution in [0.5, 0.6) is 0 Å². The lowest BCUT2D eigenvalue weighted by Gasteiger charge is -2.28. The van der Waals surface area contributed by atoms with E-state index in [2.05, 4.69) is 198 Å². The number of hydrogen-bond acceptors (Lipinski definition) is 1. The maximum atomic E-state index is 2.35. The maximum Gasteiger partial charge on any atom is 0.0491 e. The first-order chi connectivity index (χ1) is 22.5. The highest BCUT2D eigenvalue weighted by atomic mass is 127. The van der Waals surface area contributed by atoms with Gasteiger partial charge < -0.3 is 4.90 Å². The second kappa shape index (κ2) is 17.1. The molecule has 0 aliphatic rings. The zero-order valence-corrected chi connectivity index (χ0v) is 31.4. The lowest BCUT2D eigenvalue weighted by Crippen LogP contribution is -2.12. The summed E-state index contributed by atoms with van der Waals surface area (Å²) in [6, 6.07) is 47.5.